The minimum absolute atomic E-state index is 0.298. The van der Waals surface area contributed by atoms with Gasteiger partial charge < -0.3 is 10.4 Å². The molecule has 1 fully saturated rings. The molecular formula is C17H17FN2O3S. The third kappa shape index (κ3) is 3.17. The summed E-state index contributed by atoms with van der Waals surface area (Å²) >= 11 is 1.24. The van der Waals surface area contributed by atoms with E-state index in [2.05, 4.69) is 10.3 Å². The lowest BCUT2D eigenvalue weighted by Crippen LogP contribution is -2.59. The summed E-state index contributed by atoms with van der Waals surface area (Å²) in [5, 5.41) is 12.7. The van der Waals surface area contributed by atoms with Gasteiger partial charge in [0, 0.05) is 6.42 Å². The zero-order valence-corrected chi connectivity index (χ0v) is 14.0. The lowest BCUT2D eigenvalue weighted by atomic mass is 9.76. The van der Waals surface area contributed by atoms with Crippen LogP contribution >= 0.6 is 11.3 Å². The van der Waals surface area contributed by atoms with Gasteiger partial charge in [-0.25, -0.2) is 14.2 Å². The fraction of sp³-hybridized carbons (Fsp3) is 0.353. The maximum atomic E-state index is 12.9. The molecule has 0 bridgehead atoms. The number of rotatable bonds is 5. The minimum Gasteiger partial charge on any atom is -0.480 e. The van der Waals surface area contributed by atoms with Crippen molar-refractivity contribution < 1.29 is 19.1 Å². The summed E-state index contributed by atoms with van der Waals surface area (Å²) < 4.78 is 12.9. The van der Waals surface area contributed by atoms with Gasteiger partial charge in [0.25, 0.3) is 5.91 Å². The van der Waals surface area contributed by atoms with Crippen LogP contribution in [0.3, 0.4) is 0 Å². The maximum Gasteiger partial charge on any atom is 0.329 e. The van der Waals surface area contributed by atoms with E-state index in [1.165, 1.54) is 23.5 Å². The van der Waals surface area contributed by atoms with Crippen LogP contribution in [0.15, 0.2) is 24.3 Å². The van der Waals surface area contributed by atoms with Gasteiger partial charge in [-0.1, -0.05) is 12.1 Å². The Morgan fingerprint density at radius 3 is 2.54 bits per heavy atom. The first-order chi connectivity index (χ1) is 11.4. The van der Waals surface area contributed by atoms with Crippen molar-refractivity contribution in [3.63, 3.8) is 0 Å². The summed E-state index contributed by atoms with van der Waals surface area (Å²) in [4.78, 5) is 28.6. The van der Waals surface area contributed by atoms with Crippen LogP contribution in [-0.2, 0) is 11.2 Å². The molecule has 7 heteroatoms. The maximum absolute atomic E-state index is 12.9. The lowest BCUT2D eigenvalue weighted by molar-refractivity contribution is -0.148. The Balaban J connectivity index is 1.75. The van der Waals surface area contributed by atoms with Crippen molar-refractivity contribution >= 4 is 23.2 Å². The van der Waals surface area contributed by atoms with Crippen molar-refractivity contribution in [2.75, 3.05) is 0 Å². The number of hydrogen-bond acceptors (Lipinski definition) is 4. The summed E-state index contributed by atoms with van der Waals surface area (Å²) in [5.74, 6) is -1.68. The molecular weight excluding hydrogens is 331 g/mol. The van der Waals surface area contributed by atoms with Gasteiger partial charge in [0.05, 0.1) is 10.7 Å². The molecule has 1 amide bonds. The fourth-order valence-electron chi connectivity index (χ4n) is 2.71. The van der Waals surface area contributed by atoms with E-state index in [4.69, 9.17) is 0 Å². The molecule has 1 aromatic carbocycles. The highest BCUT2D eigenvalue weighted by atomic mass is 32.1. The number of carboxylic acids is 1. The van der Waals surface area contributed by atoms with Crippen molar-refractivity contribution in [3.8, 4) is 0 Å². The molecule has 5 nitrogen and oxygen atoms in total. The largest absolute Gasteiger partial charge is 0.480 e. The average molecular weight is 348 g/mol. The Kier molecular flexibility index (Phi) is 4.36. The third-order valence-corrected chi connectivity index (χ3v) is 5.44. The summed E-state index contributed by atoms with van der Waals surface area (Å²) in [6.07, 6.45) is 2.20. The average Bonchev–Trinajstić information content (AvgIpc) is 2.85. The van der Waals surface area contributed by atoms with E-state index in [0.29, 0.717) is 29.8 Å². The normalized spacial score (nSPS) is 15.6. The molecule has 3 rings (SSSR count). The number of carboxylic acid groups (broad SMARTS) is 1. The quantitative estimate of drug-likeness (QED) is 0.871. The SMILES string of the molecule is Cc1nc(Cc2ccc(F)cc2)sc1C(=O)NC1(C(=O)O)CCC1. The van der Waals surface area contributed by atoms with Crippen LogP contribution in [0.4, 0.5) is 4.39 Å². The Labute approximate surface area is 142 Å². The van der Waals surface area contributed by atoms with Gasteiger partial charge >= 0.3 is 5.97 Å². The van der Waals surface area contributed by atoms with Crippen LogP contribution in [-0.4, -0.2) is 27.5 Å². The van der Waals surface area contributed by atoms with Crippen molar-refractivity contribution in [1.82, 2.24) is 10.3 Å². The van der Waals surface area contributed by atoms with E-state index in [1.807, 2.05) is 0 Å². The monoisotopic (exact) mass is 348 g/mol. The molecule has 1 saturated carbocycles. The summed E-state index contributed by atoms with van der Waals surface area (Å²) in [7, 11) is 0. The molecule has 0 atom stereocenters. The number of hydrogen-bond donors (Lipinski definition) is 2. The number of aliphatic carboxylic acids is 1. The number of benzene rings is 1. The molecule has 0 aliphatic heterocycles. The standard InChI is InChI=1S/C17H17FN2O3S/c1-10-14(15(21)20-17(16(22)23)7-2-8-17)24-13(19-10)9-11-3-5-12(18)6-4-11/h3-6H,2,7-9H2,1H3,(H,20,21)(H,22,23). The molecule has 24 heavy (non-hydrogen) atoms. The number of nitrogens with one attached hydrogen (secondary N) is 1. The molecule has 2 N–H and O–H groups in total. The second-order valence-electron chi connectivity index (χ2n) is 6.02. The smallest absolute Gasteiger partial charge is 0.329 e. The summed E-state index contributed by atoms with van der Waals surface area (Å²) in [6.45, 7) is 1.73. The van der Waals surface area contributed by atoms with Gasteiger partial charge in [0.2, 0.25) is 0 Å². The van der Waals surface area contributed by atoms with Gasteiger partial charge in [-0.05, 0) is 43.9 Å². The number of aryl methyl sites for hydroxylation is 1. The van der Waals surface area contributed by atoms with Gasteiger partial charge in [-0.2, -0.15) is 0 Å². The van der Waals surface area contributed by atoms with Gasteiger partial charge in [0.1, 0.15) is 16.2 Å². The third-order valence-electron chi connectivity index (χ3n) is 4.29. The van der Waals surface area contributed by atoms with Crippen LogP contribution in [0.1, 0.15) is 45.2 Å². The van der Waals surface area contributed by atoms with Crippen LogP contribution in [0.5, 0.6) is 0 Å². The van der Waals surface area contributed by atoms with E-state index >= 15 is 0 Å². The molecule has 1 aromatic heterocycles. The number of aromatic nitrogens is 1. The molecule has 0 spiro atoms. The van der Waals surface area contributed by atoms with Crippen molar-refractivity contribution in [2.45, 2.75) is 38.1 Å². The topological polar surface area (TPSA) is 79.3 Å². The number of carbonyl (C=O) groups is 2. The number of halogens is 1. The van der Waals surface area contributed by atoms with Crippen molar-refractivity contribution in [2.24, 2.45) is 0 Å². The molecule has 1 aliphatic rings. The Bertz CT molecular complexity index is 782. The van der Waals surface area contributed by atoms with E-state index in [9.17, 15) is 19.1 Å². The number of amides is 1. The van der Waals surface area contributed by atoms with Crippen molar-refractivity contribution in [3.05, 3.63) is 51.2 Å². The highest BCUT2D eigenvalue weighted by Crippen LogP contribution is 2.33. The van der Waals surface area contributed by atoms with Gasteiger partial charge in [-0.15, -0.1) is 11.3 Å². The summed E-state index contributed by atoms with van der Waals surface area (Å²) in [5.41, 5.74) is 0.345. The lowest BCUT2D eigenvalue weighted by Gasteiger charge is -2.38. The Morgan fingerprint density at radius 2 is 2.00 bits per heavy atom. The van der Waals surface area contributed by atoms with Crippen molar-refractivity contribution in [1.29, 1.82) is 0 Å². The molecule has 0 unspecified atom stereocenters. The molecule has 1 aliphatic carbocycles. The van der Waals surface area contributed by atoms with E-state index in [-0.39, 0.29) is 5.82 Å². The van der Waals surface area contributed by atoms with Crippen LogP contribution in [0.2, 0.25) is 0 Å². The predicted molar refractivity (Wildman–Crippen MR) is 87.7 cm³/mol. The second kappa shape index (κ2) is 6.32. The Morgan fingerprint density at radius 1 is 1.33 bits per heavy atom. The van der Waals surface area contributed by atoms with E-state index in [0.717, 1.165) is 17.0 Å². The predicted octanol–water partition coefficient (Wildman–Crippen LogP) is 2.92. The Hall–Kier alpha value is -2.28. The van der Waals surface area contributed by atoms with Crippen LogP contribution < -0.4 is 5.32 Å². The second-order valence-corrected chi connectivity index (χ2v) is 7.10. The molecule has 1 heterocycles. The fourth-order valence-corrected chi connectivity index (χ4v) is 3.71. The minimum atomic E-state index is -1.13. The van der Waals surface area contributed by atoms with Crippen LogP contribution in [0, 0.1) is 12.7 Å². The molecule has 0 radical (unpaired) electrons. The highest BCUT2D eigenvalue weighted by molar-refractivity contribution is 7.13. The van der Waals surface area contributed by atoms with E-state index < -0.39 is 17.4 Å². The zero-order valence-electron chi connectivity index (χ0n) is 13.1. The first-order valence-electron chi connectivity index (χ1n) is 7.66. The molecule has 0 saturated heterocycles. The first-order valence-corrected chi connectivity index (χ1v) is 8.48. The summed E-state index contributed by atoms with van der Waals surface area (Å²) in [6, 6.07) is 6.13. The highest BCUT2D eigenvalue weighted by Gasteiger charge is 2.46. The van der Waals surface area contributed by atoms with Crippen LogP contribution in [0.25, 0.3) is 0 Å². The van der Waals surface area contributed by atoms with Gasteiger partial charge in [0.15, 0.2) is 0 Å². The zero-order chi connectivity index (χ0) is 17.3. The molecule has 2 aromatic rings. The molecule has 126 valence electrons. The first kappa shape index (κ1) is 16.6. The van der Waals surface area contributed by atoms with E-state index in [1.54, 1.807) is 19.1 Å². The number of carbonyl (C=O) groups excluding carboxylic acids is 1. The number of thiazole rings is 1. The number of nitrogens with zero attached hydrogens (tertiary/aromatic N) is 1. The van der Waals surface area contributed by atoms with Gasteiger partial charge in [-0.3, -0.25) is 4.79 Å².